The van der Waals surface area contributed by atoms with E-state index in [1.165, 1.54) is 0 Å². The van der Waals surface area contributed by atoms with Crippen molar-refractivity contribution in [1.29, 1.82) is 0 Å². The average Bonchev–Trinajstić information content (AvgIpc) is 3.10. The molecular formula is C19H20BrNO3. The number of likely N-dealkylation sites (tertiary alicyclic amines) is 1. The molecule has 4 nitrogen and oxygen atoms in total. The van der Waals surface area contributed by atoms with Gasteiger partial charge in [0, 0.05) is 16.6 Å². The molecule has 1 saturated heterocycles. The summed E-state index contributed by atoms with van der Waals surface area (Å²) >= 11 is 3.48. The maximum atomic E-state index is 13.0. The van der Waals surface area contributed by atoms with Crippen LogP contribution in [0.2, 0.25) is 0 Å². The van der Waals surface area contributed by atoms with Crippen molar-refractivity contribution in [2.45, 2.75) is 18.9 Å². The zero-order valence-corrected chi connectivity index (χ0v) is 15.4. The van der Waals surface area contributed by atoms with E-state index in [2.05, 4.69) is 15.9 Å². The van der Waals surface area contributed by atoms with Crippen molar-refractivity contribution in [3.8, 4) is 11.5 Å². The molecule has 0 aliphatic carbocycles. The Labute approximate surface area is 150 Å². The van der Waals surface area contributed by atoms with E-state index in [0.717, 1.165) is 40.9 Å². The Morgan fingerprint density at radius 1 is 1.17 bits per heavy atom. The topological polar surface area (TPSA) is 38.8 Å². The summed E-state index contributed by atoms with van der Waals surface area (Å²) in [7, 11) is 3.30. The molecule has 126 valence electrons. The number of benzene rings is 2. The monoisotopic (exact) mass is 389 g/mol. The molecule has 1 aliphatic heterocycles. The summed E-state index contributed by atoms with van der Waals surface area (Å²) < 4.78 is 11.7. The molecule has 24 heavy (non-hydrogen) atoms. The average molecular weight is 390 g/mol. The van der Waals surface area contributed by atoms with Gasteiger partial charge < -0.3 is 14.4 Å². The van der Waals surface area contributed by atoms with Gasteiger partial charge in [-0.1, -0.05) is 12.1 Å². The highest BCUT2D eigenvalue weighted by Crippen LogP contribution is 2.40. The SMILES string of the molecule is COc1ccc(OC)c([C@@H]2CCCN2C(=O)c2ccccc2Br)c1. The van der Waals surface area contributed by atoms with Crippen molar-refractivity contribution < 1.29 is 14.3 Å². The van der Waals surface area contributed by atoms with Crippen LogP contribution >= 0.6 is 15.9 Å². The van der Waals surface area contributed by atoms with Crippen LogP contribution in [-0.2, 0) is 0 Å². The molecular weight excluding hydrogens is 370 g/mol. The first-order valence-electron chi connectivity index (χ1n) is 7.93. The summed E-state index contributed by atoms with van der Waals surface area (Å²) in [4.78, 5) is 15.0. The van der Waals surface area contributed by atoms with E-state index in [1.807, 2.05) is 47.4 Å². The smallest absolute Gasteiger partial charge is 0.255 e. The van der Waals surface area contributed by atoms with Gasteiger partial charge in [0.05, 0.1) is 25.8 Å². The lowest BCUT2D eigenvalue weighted by molar-refractivity contribution is 0.0733. The van der Waals surface area contributed by atoms with E-state index in [0.29, 0.717) is 5.56 Å². The van der Waals surface area contributed by atoms with Crippen LogP contribution in [0.4, 0.5) is 0 Å². The molecule has 0 aromatic heterocycles. The highest BCUT2D eigenvalue weighted by atomic mass is 79.9. The van der Waals surface area contributed by atoms with Crippen LogP contribution in [0, 0.1) is 0 Å². The normalized spacial score (nSPS) is 17.0. The predicted molar refractivity (Wildman–Crippen MR) is 96.7 cm³/mol. The summed E-state index contributed by atoms with van der Waals surface area (Å²) in [6.07, 6.45) is 1.89. The molecule has 1 amide bonds. The third-order valence-electron chi connectivity index (χ3n) is 4.41. The maximum absolute atomic E-state index is 13.0. The van der Waals surface area contributed by atoms with Crippen molar-refractivity contribution in [2.75, 3.05) is 20.8 Å². The molecule has 1 aliphatic rings. The maximum Gasteiger partial charge on any atom is 0.255 e. The van der Waals surface area contributed by atoms with Gasteiger partial charge in [0.2, 0.25) is 0 Å². The third kappa shape index (κ3) is 3.13. The van der Waals surface area contributed by atoms with Crippen LogP contribution in [0.3, 0.4) is 0 Å². The number of amides is 1. The molecule has 0 saturated carbocycles. The molecule has 0 radical (unpaired) electrons. The Morgan fingerprint density at radius 2 is 1.96 bits per heavy atom. The summed E-state index contributed by atoms with van der Waals surface area (Å²) in [5, 5.41) is 0. The first-order chi connectivity index (χ1) is 11.7. The van der Waals surface area contributed by atoms with Crippen LogP contribution in [0.5, 0.6) is 11.5 Å². The van der Waals surface area contributed by atoms with Gasteiger partial charge in [-0.15, -0.1) is 0 Å². The zero-order valence-electron chi connectivity index (χ0n) is 13.8. The lowest BCUT2D eigenvalue weighted by Gasteiger charge is -2.27. The fourth-order valence-electron chi connectivity index (χ4n) is 3.22. The Morgan fingerprint density at radius 3 is 2.67 bits per heavy atom. The molecule has 1 atom stereocenters. The molecule has 1 fully saturated rings. The van der Waals surface area contributed by atoms with Gasteiger partial charge in [-0.05, 0) is 59.1 Å². The molecule has 5 heteroatoms. The number of methoxy groups -OCH3 is 2. The standard InChI is InChI=1S/C19H20BrNO3/c1-23-13-9-10-18(24-2)15(12-13)17-8-5-11-21(17)19(22)14-6-3-4-7-16(14)20/h3-4,6-7,9-10,12,17H,5,8,11H2,1-2H3/t17-/m0/s1. The first kappa shape index (κ1) is 16.8. The number of hydrogen-bond donors (Lipinski definition) is 0. The second-order valence-electron chi connectivity index (χ2n) is 5.74. The number of carbonyl (C=O) groups is 1. The first-order valence-corrected chi connectivity index (χ1v) is 8.72. The Hall–Kier alpha value is -2.01. The minimum Gasteiger partial charge on any atom is -0.497 e. The highest BCUT2D eigenvalue weighted by molar-refractivity contribution is 9.10. The number of ether oxygens (including phenoxy) is 2. The van der Waals surface area contributed by atoms with Crippen LogP contribution in [-0.4, -0.2) is 31.6 Å². The van der Waals surface area contributed by atoms with E-state index in [9.17, 15) is 4.79 Å². The fraction of sp³-hybridized carbons (Fsp3) is 0.316. The zero-order chi connectivity index (χ0) is 17.1. The lowest BCUT2D eigenvalue weighted by Crippen LogP contribution is -2.31. The molecule has 1 heterocycles. The number of hydrogen-bond acceptors (Lipinski definition) is 3. The molecule has 2 aromatic rings. The Kier molecular flexibility index (Phi) is 5.09. The van der Waals surface area contributed by atoms with Crippen molar-refractivity contribution in [3.63, 3.8) is 0 Å². The van der Waals surface area contributed by atoms with Crippen molar-refractivity contribution >= 4 is 21.8 Å². The number of rotatable bonds is 4. The molecule has 0 spiro atoms. The third-order valence-corrected chi connectivity index (χ3v) is 5.11. The van der Waals surface area contributed by atoms with Crippen LogP contribution < -0.4 is 9.47 Å². The molecule has 0 bridgehead atoms. The molecule has 0 N–H and O–H groups in total. The van der Waals surface area contributed by atoms with Gasteiger partial charge in [0.15, 0.2) is 0 Å². The van der Waals surface area contributed by atoms with E-state index < -0.39 is 0 Å². The Balaban J connectivity index is 1.97. The second-order valence-corrected chi connectivity index (χ2v) is 6.60. The molecule has 3 rings (SSSR count). The summed E-state index contributed by atoms with van der Waals surface area (Å²) in [6.45, 7) is 0.741. The van der Waals surface area contributed by atoms with Crippen molar-refractivity contribution in [3.05, 3.63) is 58.1 Å². The van der Waals surface area contributed by atoms with Gasteiger partial charge >= 0.3 is 0 Å². The van der Waals surface area contributed by atoms with Gasteiger partial charge in [0.1, 0.15) is 11.5 Å². The molecule has 0 unspecified atom stereocenters. The van der Waals surface area contributed by atoms with E-state index in [1.54, 1.807) is 14.2 Å². The predicted octanol–water partition coefficient (Wildman–Crippen LogP) is 4.44. The van der Waals surface area contributed by atoms with E-state index in [-0.39, 0.29) is 11.9 Å². The Bertz CT molecular complexity index is 747. The number of halogens is 1. The van der Waals surface area contributed by atoms with Crippen LogP contribution in [0.15, 0.2) is 46.9 Å². The van der Waals surface area contributed by atoms with Gasteiger partial charge in [-0.25, -0.2) is 0 Å². The fourth-order valence-corrected chi connectivity index (χ4v) is 3.68. The summed E-state index contributed by atoms with van der Waals surface area (Å²) in [6, 6.07) is 13.3. The lowest BCUT2D eigenvalue weighted by atomic mass is 10.0. The largest absolute Gasteiger partial charge is 0.497 e. The minimum absolute atomic E-state index is 0.00495. The van der Waals surface area contributed by atoms with Gasteiger partial charge in [-0.3, -0.25) is 4.79 Å². The summed E-state index contributed by atoms with van der Waals surface area (Å²) in [5.74, 6) is 1.59. The minimum atomic E-state index is -0.00495. The number of carbonyl (C=O) groups excluding carboxylic acids is 1. The van der Waals surface area contributed by atoms with Crippen molar-refractivity contribution in [1.82, 2.24) is 4.90 Å². The quantitative estimate of drug-likeness (QED) is 0.775. The van der Waals surface area contributed by atoms with Crippen LogP contribution in [0.25, 0.3) is 0 Å². The van der Waals surface area contributed by atoms with E-state index in [4.69, 9.17) is 9.47 Å². The van der Waals surface area contributed by atoms with Crippen LogP contribution in [0.1, 0.15) is 34.8 Å². The molecule has 2 aromatic carbocycles. The number of nitrogens with zero attached hydrogens (tertiary/aromatic N) is 1. The van der Waals surface area contributed by atoms with E-state index >= 15 is 0 Å². The summed E-state index contributed by atoms with van der Waals surface area (Å²) in [5.41, 5.74) is 1.68. The van der Waals surface area contributed by atoms with Gasteiger partial charge in [-0.2, -0.15) is 0 Å². The van der Waals surface area contributed by atoms with Gasteiger partial charge in [0.25, 0.3) is 5.91 Å². The van der Waals surface area contributed by atoms with Crippen molar-refractivity contribution in [2.24, 2.45) is 0 Å². The second kappa shape index (κ2) is 7.26. The highest BCUT2D eigenvalue weighted by Gasteiger charge is 2.33.